The number of rotatable bonds is 2. The van der Waals surface area contributed by atoms with E-state index in [4.69, 9.17) is 23.2 Å². The van der Waals surface area contributed by atoms with Crippen LogP contribution in [0.1, 0.15) is 0 Å². The van der Waals surface area contributed by atoms with Gasteiger partial charge in [-0.15, -0.1) is 0 Å². The van der Waals surface area contributed by atoms with Gasteiger partial charge in [0.2, 0.25) is 0 Å². The summed E-state index contributed by atoms with van der Waals surface area (Å²) in [6.45, 7) is 0. The van der Waals surface area contributed by atoms with E-state index < -0.39 is 5.91 Å². The van der Waals surface area contributed by atoms with E-state index in [-0.39, 0.29) is 5.57 Å². The first kappa shape index (κ1) is 15.2. The molecule has 0 fully saturated rings. The highest BCUT2D eigenvalue weighted by Crippen LogP contribution is 2.31. The van der Waals surface area contributed by atoms with Crippen molar-refractivity contribution in [3.63, 3.8) is 0 Å². The van der Waals surface area contributed by atoms with Crippen LogP contribution in [0.15, 0.2) is 53.9 Å². The summed E-state index contributed by atoms with van der Waals surface area (Å²) in [4.78, 5) is 12.3. The predicted molar refractivity (Wildman–Crippen MR) is 91.4 cm³/mol. The van der Waals surface area contributed by atoms with Crippen molar-refractivity contribution in [3.8, 4) is 6.07 Å². The number of carbonyl (C=O) groups is 1. The first-order valence-electron chi connectivity index (χ1n) is 6.62. The van der Waals surface area contributed by atoms with Gasteiger partial charge in [0.25, 0.3) is 5.91 Å². The molecule has 1 amide bonds. The second-order valence-electron chi connectivity index (χ2n) is 4.74. The van der Waals surface area contributed by atoms with Crippen LogP contribution in [0, 0.1) is 11.3 Å². The van der Waals surface area contributed by atoms with Gasteiger partial charge in [-0.3, -0.25) is 4.79 Å². The summed E-state index contributed by atoms with van der Waals surface area (Å²) in [5.41, 5.74) is 2.00. The van der Waals surface area contributed by atoms with Gasteiger partial charge in [-0.2, -0.15) is 5.26 Å². The van der Waals surface area contributed by atoms with Crippen LogP contribution in [-0.2, 0) is 4.79 Å². The van der Waals surface area contributed by atoms with Crippen LogP contribution in [0.3, 0.4) is 0 Å². The average molecular weight is 345 g/mol. The molecule has 2 aromatic carbocycles. The molecule has 0 saturated carbocycles. The predicted octanol–water partition coefficient (Wildman–Crippen LogP) is 4.20. The molecule has 0 unspecified atom stereocenters. The van der Waals surface area contributed by atoms with Gasteiger partial charge >= 0.3 is 0 Å². The molecule has 0 aliphatic carbocycles. The fourth-order valence-corrected chi connectivity index (χ4v) is 2.41. The van der Waals surface area contributed by atoms with Gasteiger partial charge in [-0.05, 0) is 30.3 Å². The molecule has 1 aliphatic rings. The number of amides is 1. The van der Waals surface area contributed by atoms with Crippen LogP contribution in [-0.4, -0.2) is 5.91 Å². The number of benzene rings is 2. The molecule has 5 nitrogen and oxygen atoms in total. The number of hydrogen-bond donors (Lipinski definition) is 3. The molecule has 1 aliphatic heterocycles. The highest BCUT2D eigenvalue weighted by Gasteiger charge is 2.22. The van der Waals surface area contributed by atoms with E-state index in [0.29, 0.717) is 21.6 Å². The van der Waals surface area contributed by atoms with Crippen molar-refractivity contribution >= 4 is 46.2 Å². The largest absolute Gasteiger partial charge is 0.339 e. The van der Waals surface area contributed by atoms with E-state index in [1.54, 1.807) is 12.1 Å². The lowest BCUT2D eigenvalue weighted by Crippen LogP contribution is -2.18. The van der Waals surface area contributed by atoms with Crippen molar-refractivity contribution in [2.75, 3.05) is 16.0 Å². The Kier molecular flexibility index (Phi) is 4.11. The molecule has 7 heteroatoms. The first-order valence-corrected chi connectivity index (χ1v) is 7.38. The molecule has 23 heavy (non-hydrogen) atoms. The number of nitriles is 1. The number of hydrogen-bond acceptors (Lipinski definition) is 4. The normalized spacial score (nSPS) is 11.8. The molecule has 1 heterocycles. The minimum atomic E-state index is -0.548. The maximum Gasteiger partial charge on any atom is 0.270 e. The third-order valence-corrected chi connectivity index (χ3v) is 3.95. The first-order chi connectivity index (χ1) is 11.1. The number of halogens is 2. The lowest BCUT2D eigenvalue weighted by Gasteiger charge is -2.08. The van der Waals surface area contributed by atoms with E-state index in [9.17, 15) is 10.1 Å². The van der Waals surface area contributed by atoms with E-state index in [0.717, 1.165) is 11.4 Å². The van der Waals surface area contributed by atoms with Crippen molar-refractivity contribution in [2.45, 2.75) is 0 Å². The molecule has 0 aromatic heterocycles. The fourth-order valence-electron chi connectivity index (χ4n) is 2.11. The minimum Gasteiger partial charge on any atom is -0.339 e. The van der Waals surface area contributed by atoms with Crippen LogP contribution in [0.5, 0.6) is 0 Å². The summed E-state index contributed by atoms with van der Waals surface area (Å²) in [7, 11) is 0. The number of para-hydroxylation sites is 2. The molecule has 3 rings (SSSR count). The Morgan fingerprint density at radius 2 is 1.70 bits per heavy atom. The van der Waals surface area contributed by atoms with E-state index in [1.165, 1.54) is 6.07 Å². The standard InChI is InChI=1S/C16H10Cl2N4O/c17-11-6-5-9(7-12(11)18)20-16(23)10(8-19)15-21-13-3-1-2-4-14(13)22-15/h1-7,21-22H,(H,20,23). The highest BCUT2D eigenvalue weighted by molar-refractivity contribution is 6.42. The van der Waals surface area contributed by atoms with Crippen LogP contribution in [0.4, 0.5) is 17.1 Å². The quantitative estimate of drug-likeness (QED) is 0.563. The maximum absolute atomic E-state index is 12.3. The van der Waals surface area contributed by atoms with Crippen LogP contribution in [0.2, 0.25) is 10.0 Å². The minimum absolute atomic E-state index is 0.0627. The maximum atomic E-state index is 12.3. The molecule has 0 saturated heterocycles. The third-order valence-electron chi connectivity index (χ3n) is 3.21. The molecule has 0 spiro atoms. The molecule has 0 radical (unpaired) electrons. The molecule has 3 N–H and O–H groups in total. The number of carbonyl (C=O) groups excluding carboxylic acids is 1. The number of nitrogens with one attached hydrogen (secondary N) is 3. The third kappa shape index (κ3) is 3.09. The van der Waals surface area contributed by atoms with Gasteiger partial charge in [-0.25, -0.2) is 0 Å². The Bertz CT molecular complexity index is 844. The Labute approximate surface area is 142 Å². The van der Waals surface area contributed by atoms with Gasteiger partial charge in [0.15, 0.2) is 5.57 Å². The van der Waals surface area contributed by atoms with Crippen molar-refractivity contribution in [1.82, 2.24) is 0 Å². The average Bonchev–Trinajstić information content (AvgIpc) is 2.95. The monoisotopic (exact) mass is 344 g/mol. The second kappa shape index (κ2) is 6.21. The zero-order valence-electron chi connectivity index (χ0n) is 11.7. The molecule has 0 atom stereocenters. The number of anilines is 3. The lowest BCUT2D eigenvalue weighted by molar-refractivity contribution is -0.112. The Hall–Kier alpha value is -2.68. The summed E-state index contributed by atoms with van der Waals surface area (Å²) >= 11 is 11.7. The van der Waals surface area contributed by atoms with Crippen molar-refractivity contribution in [3.05, 3.63) is 63.9 Å². The van der Waals surface area contributed by atoms with Gasteiger partial charge < -0.3 is 16.0 Å². The molecular formula is C16H10Cl2N4O. The Balaban J connectivity index is 1.84. The molecule has 2 aromatic rings. The van der Waals surface area contributed by atoms with Crippen LogP contribution >= 0.6 is 23.2 Å². The summed E-state index contributed by atoms with van der Waals surface area (Å²) in [6, 6.07) is 14.0. The van der Waals surface area contributed by atoms with E-state index in [1.807, 2.05) is 30.3 Å². The van der Waals surface area contributed by atoms with Crippen LogP contribution < -0.4 is 16.0 Å². The van der Waals surface area contributed by atoms with Gasteiger partial charge in [0, 0.05) is 5.69 Å². The van der Waals surface area contributed by atoms with Crippen molar-refractivity contribution in [2.24, 2.45) is 0 Å². The topological polar surface area (TPSA) is 77.0 Å². The Morgan fingerprint density at radius 3 is 2.26 bits per heavy atom. The number of nitrogens with zero attached hydrogens (tertiary/aromatic N) is 1. The number of fused-ring (bicyclic) bond motifs is 1. The zero-order valence-corrected chi connectivity index (χ0v) is 13.2. The van der Waals surface area contributed by atoms with Crippen molar-refractivity contribution in [1.29, 1.82) is 5.26 Å². The van der Waals surface area contributed by atoms with Gasteiger partial charge in [0.1, 0.15) is 11.9 Å². The van der Waals surface area contributed by atoms with E-state index in [2.05, 4.69) is 16.0 Å². The summed E-state index contributed by atoms with van der Waals surface area (Å²) in [6.07, 6.45) is 0. The SMILES string of the molecule is N#CC(C(=O)Nc1ccc(Cl)c(Cl)c1)=C1Nc2ccccc2N1. The zero-order chi connectivity index (χ0) is 16.4. The highest BCUT2D eigenvalue weighted by atomic mass is 35.5. The fraction of sp³-hybridized carbons (Fsp3) is 0. The smallest absolute Gasteiger partial charge is 0.270 e. The van der Waals surface area contributed by atoms with Crippen molar-refractivity contribution < 1.29 is 4.79 Å². The lowest BCUT2D eigenvalue weighted by atomic mass is 10.2. The summed E-state index contributed by atoms with van der Waals surface area (Å²) in [5.74, 6) is -0.208. The Morgan fingerprint density at radius 1 is 1.04 bits per heavy atom. The van der Waals surface area contributed by atoms with Gasteiger partial charge in [0.05, 0.1) is 21.4 Å². The molecule has 114 valence electrons. The van der Waals surface area contributed by atoms with Crippen LogP contribution in [0.25, 0.3) is 0 Å². The molecular weight excluding hydrogens is 335 g/mol. The second-order valence-corrected chi connectivity index (χ2v) is 5.55. The summed E-state index contributed by atoms with van der Waals surface area (Å²) in [5, 5.41) is 18.7. The summed E-state index contributed by atoms with van der Waals surface area (Å²) < 4.78 is 0. The van der Waals surface area contributed by atoms with Gasteiger partial charge in [-0.1, -0.05) is 35.3 Å². The molecule has 0 bridgehead atoms. The van der Waals surface area contributed by atoms with E-state index >= 15 is 0 Å².